The van der Waals surface area contributed by atoms with Gasteiger partial charge in [-0.3, -0.25) is 18.7 Å². The molecule has 3 aromatic rings. The van der Waals surface area contributed by atoms with Gasteiger partial charge in [-0.15, -0.1) is 0 Å². The maximum absolute atomic E-state index is 12.7. The minimum absolute atomic E-state index is 0.0367. The highest BCUT2D eigenvalue weighted by Gasteiger charge is 2.27. The summed E-state index contributed by atoms with van der Waals surface area (Å²) in [5.74, 6) is -0.583. The molecule has 0 bridgehead atoms. The predicted molar refractivity (Wildman–Crippen MR) is 132 cm³/mol. The zero-order valence-electron chi connectivity index (χ0n) is 20.5. The first-order valence-corrected chi connectivity index (χ1v) is 12.1. The molecule has 9 heteroatoms. The van der Waals surface area contributed by atoms with Crippen molar-refractivity contribution in [3.05, 3.63) is 51.6 Å². The van der Waals surface area contributed by atoms with Crippen LogP contribution in [0, 0.1) is 25.2 Å². The lowest BCUT2D eigenvalue weighted by molar-refractivity contribution is -0.147. The third kappa shape index (κ3) is 4.61. The molecular weight excluding hydrogens is 446 g/mol. The van der Waals surface area contributed by atoms with E-state index in [2.05, 4.69) is 16.0 Å². The number of hydrogen-bond acceptors (Lipinski definition) is 5. The van der Waals surface area contributed by atoms with Crippen molar-refractivity contribution >= 4 is 28.7 Å². The molecule has 35 heavy (non-hydrogen) atoms. The fraction of sp³-hybridized carbons (Fsp3) is 0.462. The topological polar surface area (TPSA) is 111 Å². The van der Waals surface area contributed by atoms with Gasteiger partial charge < -0.3 is 14.6 Å². The Labute approximate surface area is 203 Å². The third-order valence-electron chi connectivity index (χ3n) is 6.96. The normalized spacial score (nSPS) is 13.8. The van der Waals surface area contributed by atoms with E-state index in [-0.39, 0.29) is 24.7 Å². The van der Waals surface area contributed by atoms with E-state index in [4.69, 9.17) is 4.74 Å². The van der Waals surface area contributed by atoms with Crippen LogP contribution in [0.5, 0.6) is 0 Å². The third-order valence-corrected chi connectivity index (χ3v) is 6.96. The van der Waals surface area contributed by atoms with Crippen LogP contribution in [0.25, 0.3) is 11.0 Å². The molecule has 0 aliphatic heterocycles. The Balaban J connectivity index is 1.40. The van der Waals surface area contributed by atoms with Crippen LogP contribution in [-0.4, -0.2) is 32.2 Å². The molecule has 0 spiro atoms. The molecule has 0 radical (unpaired) electrons. The van der Waals surface area contributed by atoms with Gasteiger partial charge in [0, 0.05) is 24.8 Å². The van der Waals surface area contributed by atoms with Gasteiger partial charge in [-0.05, 0) is 51.3 Å². The summed E-state index contributed by atoms with van der Waals surface area (Å²) < 4.78 is 10.5. The summed E-state index contributed by atoms with van der Waals surface area (Å²) in [7, 11) is 0. The molecule has 0 unspecified atom stereocenters. The first-order chi connectivity index (χ1) is 16.9. The second kappa shape index (κ2) is 10.2. The molecule has 2 heterocycles. The Kier molecular flexibility index (Phi) is 7.10. The number of imidazole rings is 1. The number of aryl methyl sites for hydroxylation is 2. The molecule has 184 valence electrons. The van der Waals surface area contributed by atoms with Crippen LogP contribution >= 0.6 is 0 Å². The van der Waals surface area contributed by atoms with Crippen LogP contribution in [0.15, 0.2) is 29.1 Å². The highest BCUT2D eigenvalue weighted by Crippen LogP contribution is 2.37. The predicted octanol–water partition coefficient (Wildman–Crippen LogP) is 3.80. The van der Waals surface area contributed by atoms with Crippen LogP contribution in [0.3, 0.4) is 0 Å². The monoisotopic (exact) mass is 477 g/mol. The Hall–Kier alpha value is -3.80. The molecule has 4 rings (SSSR count). The van der Waals surface area contributed by atoms with Gasteiger partial charge in [0.1, 0.15) is 11.9 Å². The van der Waals surface area contributed by atoms with Crippen molar-refractivity contribution in [1.82, 2.24) is 13.7 Å². The number of carbonyl (C=O) groups excluding carboxylic acids is 2. The minimum atomic E-state index is -0.570. The average Bonchev–Trinajstić information content (AvgIpc) is 3.52. The summed E-state index contributed by atoms with van der Waals surface area (Å²) in [5.41, 5.74) is 3.66. The average molecular weight is 478 g/mol. The second-order valence-corrected chi connectivity index (χ2v) is 8.98. The molecule has 1 aliphatic rings. The quantitative estimate of drug-likeness (QED) is 0.496. The standard InChI is InChI=1S/C26H31N5O4/c1-4-29-21-11-7-8-12-22(21)30(26(29)34)14-13-24(33)35-16-23(32)28-25-20(15-27)17(2)18(3)31(25)19-9-5-6-10-19/h7-8,11-12,19H,4-6,9-10,13-14,16H2,1-3H3,(H,28,32). The second-order valence-electron chi connectivity index (χ2n) is 8.98. The SMILES string of the molecule is CCn1c(=O)n(CCC(=O)OCC(=O)Nc2c(C#N)c(C)c(C)n2C2CCCC2)c2ccccc21. The molecule has 1 aromatic carbocycles. The Bertz CT molecular complexity index is 1370. The number of nitrogens with one attached hydrogen (secondary N) is 1. The summed E-state index contributed by atoms with van der Waals surface area (Å²) >= 11 is 0. The van der Waals surface area contributed by atoms with Gasteiger partial charge in [0.05, 0.1) is 23.0 Å². The van der Waals surface area contributed by atoms with Crippen molar-refractivity contribution in [3.8, 4) is 6.07 Å². The van der Waals surface area contributed by atoms with E-state index in [9.17, 15) is 19.6 Å². The van der Waals surface area contributed by atoms with Gasteiger partial charge in [0.15, 0.2) is 6.61 Å². The van der Waals surface area contributed by atoms with Gasteiger partial charge in [0.2, 0.25) is 0 Å². The summed E-state index contributed by atoms with van der Waals surface area (Å²) in [5, 5.41) is 12.5. The number of nitrogens with zero attached hydrogens (tertiary/aromatic N) is 4. The van der Waals surface area contributed by atoms with Crippen molar-refractivity contribution in [2.24, 2.45) is 0 Å². The van der Waals surface area contributed by atoms with Gasteiger partial charge in [-0.1, -0.05) is 25.0 Å². The molecule has 2 aromatic heterocycles. The number of anilines is 1. The minimum Gasteiger partial charge on any atom is -0.456 e. The number of carbonyl (C=O) groups is 2. The molecule has 1 amide bonds. The molecular formula is C26H31N5O4. The number of aromatic nitrogens is 3. The zero-order chi connectivity index (χ0) is 25.1. The fourth-order valence-electron chi connectivity index (χ4n) is 5.09. The van der Waals surface area contributed by atoms with E-state index < -0.39 is 18.5 Å². The first-order valence-electron chi connectivity index (χ1n) is 12.1. The molecule has 1 N–H and O–H groups in total. The first kappa shape index (κ1) is 24.3. The van der Waals surface area contributed by atoms with Gasteiger partial charge in [-0.25, -0.2) is 4.79 Å². The number of fused-ring (bicyclic) bond motifs is 1. The van der Waals surface area contributed by atoms with E-state index in [1.165, 1.54) is 0 Å². The number of ether oxygens (including phenoxy) is 1. The van der Waals surface area contributed by atoms with E-state index in [0.29, 0.717) is 17.9 Å². The lowest BCUT2D eigenvalue weighted by Crippen LogP contribution is -2.26. The van der Waals surface area contributed by atoms with E-state index in [1.807, 2.05) is 45.0 Å². The smallest absolute Gasteiger partial charge is 0.329 e. The number of nitriles is 1. The zero-order valence-corrected chi connectivity index (χ0v) is 20.5. The van der Waals surface area contributed by atoms with Crippen molar-refractivity contribution < 1.29 is 14.3 Å². The number of rotatable bonds is 8. The van der Waals surface area contributed by atoms with Crippen molar-refractivity contribution in [3.63, 3.8) is 0 Å². The lowest BCUT2D eigenvalue weighted by atomic mass is 10.2. The molecule has 0 atom stereocenters. The number of benzene rings is 1. The van der Waals surface area contributed by atoms with Crippen LogP contribution < -0.4 is 11.0 Å². The van der Waals surface area contributed by atoms with E-state index >= 15 is 0 Å². The summed E-state index contributed by atoms with van der Waals surface area (Å²) in [6.45, 7) is 5.98. The van der Waals surface area contributed by atoms with E-state index in [0.717, 1.165) is 48.0 Å². The molecule has 0 saturated heterocycles. The van der Waals surface area contributed by atoms with Gasteiger partial charge >= 0.3 is 11.7 Å². The lowest BCUT2D eigenvalue weighted by Gasteiger charge is -2.19. The number of amides is 1. The maximum atomic E-state index is 12.7. The molecule has 1 fully saturated rings. The van der Waals surface area contributed by atoms with Crippen LogP contribution in [0.1, 0.15) is 61.9 Å². The summed E-state index contributed by atoms with van der Waals surface area (Å²) in [4.78, 5) is 37.7. The van der Waals surface area contributed by atoms with Crippen LogP contribution in [0.4, 0.5) is 5.82 Å². The van der Waals surface area contributed by atoms with Crippen molar-refractivity contribution in [1.29, 1.82) is 5.26 Å². The maximum Gasteiger partial charge on any atom is 0.329 e. The van der Waals surface area contributed by atoms with Crippen LogP contribution in [-0.2, 0) is 27.4 Å². The number of hydrogen-bond donors (Lipinski definition) is 1. The van der Waals surface area contributed by atoms with E-state index in [1.54, 1.807) is 9.13 Å². The Morgan fingerprint density at radius 2 is 1.80 bits per heavy atom. The fourth-order valence-corrected chi connectivity index (χ4v) is 5.09. The highest BCUT2D eigenvalue weighted by molar-refractivity contribution is 5.93. The molecule has 9 nitrogen and oxygen atoms in total. The van der Waals surface area contributed by atoms with Gasteiger partial charge in [0.25, 0.3) is 5.91 Å². The number of esters is 1. The van der Waals surface area contributed by atoms with Crippen molar-refractivity contribution in [2.45, 2.75) is 72.0 Å². The molecule has 1 aliphatic carbocycles. The Morgan fingerprint density at radius 1 is 1.14 bits per heavy atom. The highest BCUT2D eigenvalue weighted by atomic mass is 16.5. The molecule has 1 saturated carbocycles. The van der Waals surface area contributed by atoms with Gasteiger partial charge in [-0.2, -0.15) is 5.26 Å². The Morgan fingerprint density at radius 3 is 2.43 bits per heavy atom. The van der Waals surface area contributed by atoms with Crippen LogP contribution in [0.2, 0.25) is 0 Å². The summed E-state index contributed by atoms with van der Waals surface area (Å²) in [6.07, 6.45) is 4.21. The number of para-hydroxylation sites is 2. The summed E-state index contributed by atoms with van der Waals surface area (Å²) in [6, 6.07) is 9.89. The van der Waals surface area contributed by atoms with Crippen molar-refractivity contribution in [2.75, 3.05) is 11.9 Å². The largest absolute Gasteiger partial charge is 0.456 e.